The van der Waals surface area contributed by atoms with Crippen LogP contribution in [0.15, 0.2) is 18.6 Å². The highest BCUT2D eigenvalue weighted by molar-refractivity contribution is 5.06. The molecule has 1 aliphatic heterocycles. The van der Waals surface area contributed by atoms with Gasteiger partial charge in [0.25, 0.3) is 0 Å². The molecule has 2 rings (SSSR count). The van der Waals surface area contributed by atoms with Crippen LogP contribution in [0.2, 0.25) is 0 Å². The van der Waals surface area contributed by atoms with Crippen molar-refractivity contribution in [2.75, 3.05) is 33.2 Å². The summed E-state index contributed by atoms with van der Waals surface area (Å²) in [6.45, 7) is 6.03. The zero-order valence-electron chi connectivity index (χ0n) is 10.6. The molecule has 0 bridgehead atoms. The van der Waals surface area contributed by atoms with Crippen molar-refractivity contribution in [3.05, 3.63) is 24.3 Å². The Hall–Kier alpha value is -1.04. The quantitative estimate of drug-likeness (QED) is 0.806. The molecule has 0 aliphatic carbocycles. The Bertz CT molecular complexity index is 342. The van der Waals surface area contributed by atoms with E-state index >= 15 is 0 Å². The Kier molecular flexibility index (Phi) is 4.04. The van der Waals surface area contributed by atoms with Crippen LogP contribution in [0.25, 0.3) is 0 Å². The minimum absolute atomic E-state index is 0.217. The van der Waals surface area contributed by atoms with Gasteiger partial charge in [-0.3, -0.25) is 4.90 Å². The fraction of sp³-hybridized carbons (Fsp3) is 0.667. The number of likely N-dealkylation sites (N-methyl/N-ethyl adjacent to an activating group) is 1. The van der Waals surface area contributed by atoms with Crippen molar-refractivity contribution in [3.63, 3.8) is 0 Å². The first kappa shape index (κ1) is 12.4. The van der Waals surface area contributed by atoms with Gasteiger partial charge in [0.1, 0.15) is 6.33 Å². The third-order valence-corrected chi connectivity index (χ3v) is 3.60. The summed E-state index contributed by atoms with van der Waals surface area (Å²) in [5.74, 6) is 0. The van der Waals surface area contributed by atoms with Crippen LogP contribution in [0.5, 0.6) is 0 Å². The van der Waals surface area contributed by atoms with Crippen molar-refractivity contribution in [2.45, 2.75) is 19.0 Å². The predicted octanol–water partition coefficient (Wildman–Crippen LogP) is 0.112. The average Bonchev–Trinajstić information content (AvgIpc) is 2.36. The molecule has 1 fully saturated rings. The van der Waals surface area contributed by atoms with Crippen LogP contribution in [0, 0.1) is 0 Å². The fourth-order valence-corrected chi connectivity index (χ4v) is 2.31. The number of nitrogens with zero attached hydrogens (tertiary/aromatic N) is 4. The molecule has 0 amide bonds. The minimum atomic E-state index is 0.217. The SMILES string of the molecule is CC1CN(C(CN)c2ccncn2)CCN1C. The maximum Gasteiger partial charge on any atom is 0.115 e. The molecule has 1 saturated heterocycles. The van der Waals surface area contributed by atoms with Crippen molar-refractivity contribution < 1.29 is 0 Å². The van der Waals surface area contributed by atoms with Gasteiger partial charge >= 0.3 is 0 Å². The second-order valence-corrected chi connectivity index (χ2v) is 4.71. The van der Waals surface area contributed by atoms with Gasteiger partial charge in [-0.2, -0.15) is 0 Å². The molecule has 2 N–H and O–H groups in total. The van der Waals surface area contributed by atoms with Crippen molar-refractivity contribution in [1.82, 2.24) is 19.8 Å². The van der Waals surface area contributed by atoms with Gasteiger partial charge in [0.15, 0.2) is 0 Å². The van der Waals surface area contributed by atoms with Crippen LogP contribution < -0.4 is 5.73 Å². The molecule has 1 aromatic heterocycles. The Morgan fingerprint density at radius 3 is 2.94 bits per heavy atom. The Labute approximate surface area is 103 Å². The summed E-state index contributed by atoms with van der Waals surface area (Å²) in [6, 6.07) is 2.74. The highest BCUT2D eigenvalue weighted by atomic mass is 15.3. The molecule has 0 radical (unpaired) electrons. The lowest BCUT2D eigenvalue weighted by Gasteiger charge is -2.41. The van der Waals surface area contributed by atoms with E-state index in [1.54, 1.807) is 12.5 Å². The van der Waals surface area contributed by atoms with E-state index in [2.05, 4.69) is 33.7 Å². The van der Waals surface area contributed by atoms with Gasteiger partial charge in [0, 0.05) is 38.4 Å². The van der Waals surface area contributed by atoms with Gasteiger partial charge in [0.05, 0.1) is 11.7 Å². The summed E-state index contributed by atoms with van der Waals surface area (Å²) in [6.07, 6.45) is 3.38. The molecule has 17 heavy (non-hydrogen) atoms. The molecule has 0 aromatic carbocycles. The normalized spacial score (nSPS) is 24.8. The Balaban J connectivity index is 2.09. The van der Waals surface area contributed by atoms with Crippen LogP contribution in [0.3, 0.4) is 0 Å². The van der Waals surface area contributed by atoms with Gasteiger partial charge in [-0.1, -0.05) is 0 Å². The molecule has 0 saturated carbocycles. The zero-order chi connectivity index (χ0) is 12.3. The molecule has 94 valence electrons. The number of aromatic nitrogens is 2. The second-order valence-electron chi connectivity index (χ2n) is 4.71. The number of hydrogen-bond acceptors (Lipinski definition) is 5. The standard InChI is InChI=1S/C12H21N5/c1-10-8-17(6-5-16(10)2)12(7-13)11-3-4-14-9-15-11/h3-4,9-10,12H,5-8,13H2,1-2H3. The van der Waals surface area contributed by atoms with Gasteiger partial charge in [-0.05, 0) is 20.0 Å². The van der Waals surface area contributed by atoms with Gasteiger partial charge in [0.2, 0.25) is 0 Å². The smallest absolute Gasteiger partial charge is 0.115 e. The zero-order valence-corrected chi connectivity index (χ0v) is 10.6. The molecule has 2 heterocycles. The summed E-state index contributed by atoms with van der Waals surface area (Å²) in [5, 5.41) is 0. The molecule has 1 aliphatic rings. The van der Waals surface area contributed by atoms with Gasteiger partial charge < -0.3 is 10.6 Å². The van der Waals surface area contributed by atoms with Crippen molar-refractivity contribution in [1.29, 1.82) is 0 Å². The minimum Gasteiger partial charge on any atom is -0.329 e. The maximum atomic E-state index is 5.90. The topological polar surface area (TPSA) is 58.3 Å². The molecule has 5 heteroatoms. The Morgan fingerprint density at radius 1 is 1.53 bits per heavy atom. The maximum absolute atomic E-state index is 5.90. The number of hydrogen-bond donors (Lipinski definition) is 1. The summed E-state index contributed by atoms with van der Waals surface area (Å²) < 4.78 is 0. The summed E-state index contributed by atoms with van der Waals surface area (Å²) in [4.78, 5) is 13.1. The summed E-state index contributed by atoms with van der Waals surface area (Å²) >= 11 is 0. The van der Waals surface area contributed by atoms with Crippen LogP contribution in [-0.2, 0) is 0 Å². The lowest BCUT2D eigenvalue weighted by Crippen LogP contribution is -2.52. The van der Waals surface area contributed by atoms with E-state index < -0.39 is 0 Å². The molecule has 5 nitrogen and oxygen atoms in total. The fourth-order valence-electron chi connectivity index (χ4n) is 2.31. The van der Waals surface area contributed by atoms with E-state index in [4.69, 9.17) is 5.73 Å². The third kappa shape index (κ3) is 2.80. The summed E-state index contributed by atoms with van der Waals surface area (Å²) in [7, 11) is 2.17. The Morgan fingerprint density at radius 2 is 2.35 bits per heavy atom. The monoisotopic (exact) mass is 235 g/mol. The van der Waals surface area contributed by atoms with E-state index in [0.717, 1.165) is 25.3 Å². The lowest BCUT2D eigenvalue weighted by atomic mass is 10.1. The molecule has 2 atom stereocenters. The van der Waals surface area contributed by atoms with Crippen LogP contribution >= 0.6 is 0 Å². The molecule has 1 aromatic rings. The van der Waals surface area contributed by atoms with Crippen LogP contribution in [0.1, 0.15) is 18.7 Å². The average molecular weight is 235 g/mol. The third-order valence-electron chi connectivity index (χ3n) is 3.60. The first-order valence-electron chi connectivity index (χ1n) is 6.12. The molecule has 0 spiro atoms. The van der Waals surface area contributed by atoms with E-state index in [1.807, 2.05) is 6.07 Å². The van der Waals surface area contributed by atoms with E-state index in [9.17, 15) is 0 Å². The van der Waals surface area contributed by atoms with Crippen LogP contribution in [-0.4, -0.2) is 59.0 Å². The highest BCUT2D eigenvalue weighted by Crippen LogP contribution is 2.20. The van der Waals surface area contributed by atoms with Crippen molar-refractivity contribution in [3.8, 4) is 0 Å². The number of rotatable bonds is 3. The van der Waals surface area contributed by atoms with Gasteiger partial charge in [-0.15, -0.1) is 0 Å². The van der Waals surface area contributed by atoms with Crippen molar-refractivity contribution in [2.24, 2.45) is 5.73 Å². The van der Waals surface area contributed by atoms with Gasteiger partial charge in [-0.25, -0.2) is 9.97 Å². The largest absolute Gasteiger partial charge is 0.329 e. The molecular formula is C12H21N5. The summed E-state index contributed by atoms with van der Waals surface area (Å²) in [5.41, 5.74) is 6.93. The first-order valence-corrected chi connectivity index (χ1v) is 6.12. The number of nitrogens with two attached hydrogens (primary N) is 1. The number of piperazine rings is 1. The van der Waals surface area contributed by atoms with E-state index in [1.165, 1.54) is 0 Å². The highest BCUT2D eigenvalue weighted by Gasteiger charge is 2.27. The van der Waals surface area contributed by atoms with E-state index in [0.29, 0.717) is 12.6 Å². The lowest BCUT2D eigenvalue weighted by molar-refractivity contribution is 0.0727. The van der Waals surface area contributed by atoms with Crippen molar-refractivity contribution >= 4 is 0 Å². The first-order chi connectivity index (χ1) is 8.22. The second kappa shape index (κ2) is 5.53. The molecule has 2 unspecified atom stereocenters. The predicted molar refractivity (Wildman–Crippen MR) is 67.5 cm³/mol. The van der Waals surface area contributed by atoms with E-state index in [-0.39, 0.29) is 6.04 Å². The molecular weight excluding hydrogens is 214 g/mol. The van der Waals surface area contributed by atoms with Crippen LogP contribution in [0.4, 0.5) is 0 Å².